The number of nitrogens with zero attached hydrogens (tertiary/aromatic N) is 4. The van der Waals surface area contributed by atoms with Crippen LogP contribution in [-0.2, 0) is 4.79 Å². The van der Waals surface area contributed by atoms with Crippen LogP contribution in [0.15, 0.2) is 52.5 Å². The van der Waals surface area contributed by atoms with Gasteiger partial charge >= 0.3 is 0 Å². The number of para-hydroxylation sites is 1. The molecule has 0 saturated heterocycles. The number of hydrogen-bond donors (Lipinski definition) is 2. The molecule has 0 bridgehead atoms. The summed E-state index contributed by atoms with van der Waals surface area (Å²) < 4.78 is 1.90. The monoisotopic (exact) mass is 458 g/mol. The Morgan fingerprint density at radius 2 is 1.82 bits per heavy atom. The minimum Gasteiger partial charge on any atom is -0.308 e. The number of hydrogen-bond acceptors (Lipinski definition) is 5. The van der Waals surface area contributed by atoms with Crippen molar-refractivity contribution in [1.82, 2.24) is 25.0 Å². The van der Waals surface area contributed by atoms with E-state index in [2.05, 4.69) is 48.4 Å². The molecule has 168 valence electrons. The van der Waals surface area contributed by atoms with Gasteiger partial charge in [0.05, 0.1) is 16.3 Å². The van der Waals surface area contributed by atoms with Crippen LogP contribution >= 0.6 is 11.8 Å². The molecule has 2 aromatic heterocycles. The lowest BCUT2D eigenvalue weighted by molar-refractivity contribution is -0.114. The number of nitrogens with one attached hydrogen (secondary N) is 2. The first kappa shape index (κ1) is 21.5. The van der Waals surface area contributed by atoms with E-state index < -0.39 is 0 Å². The second kappa shape index (κ2) is 8.51. The van der Waals surface area contributed by atoms with Gasteiger partial charge in [0, 0.05) is 18.4 Å². The van der Waals surface area contributed by atoms with Gasteiger partial charge in [-0.05, 0) is 80.3 Å². The highest BCUT2D eigenvalue weighted by Crippen LogP contribution is 2.44. The number of benzene rings is 2. The predicted octanol–water partition coefficient (Wildman–Crippen LogP) is 5.57. The van der Waals surface area contributed by atoms with Gasteiger partial charge in [0.25, 0.3) is 0 Å². The zero-order valence-electron chi connectivity index (χ0n) is 19.1. The van der Waals surface area contributed by atoms with Gasteiger partial charge in [0.15, 0.2) is 5.82 Å². The third-order valence-electron chi connectivity index (χ3n) is 5.87. The molecular weight excluding hydrogens is 432 g/mol. The van der Waals surface area contributed by atoms with Gasteiger partial charge in [-0.3, -0.25) is 9.89 Å². The molecule has 1 amide bonds. The van der Waals surface area contributed by atoms with Crippen molar-refractivity contribution in [2.45, 2.75) is 56.5 Å². The Labute approximate surface area is 197 Å². The van der Waals surface area contributed by atoms with E-state index in [-0.39, 0.29) is 5.91 Å². The fraction of sp³-hybridized carbons (Fsp3) is 0.280. The molecule has 1 aliphatic carbocycles. The molecule has 1 aliphatic rings. The Balaban J connectivity index is 1.73. The number of amides is 1. The van der Waals surface area contributed by atoms with Gasteiger partial charge in [0.1, 0.15) is 5.82 Å². The molecule has 4 aromatic rings. The lowest BCUT2D eigenvalue weighted by atomic mass is 9.98. The molecule has 0 radical (unpaired) electrons. The maximum Gasteiger partial charge on any atom is 0.222 e. The number of aryl methyl sites for hydroxylation is 3. The van der Waals surface area contributed by atoms with Crippen LogP contribution in [-0.4, -0.2) is 30.9 Å². The van der Waals surface area contributed by atoms with Crippen LogP contribution in [0.4, 0.5) is 5.82 Å². The van der Waals surface area contributed by atoms with Crippen molar-refractivity contribution < 1.29 is 4.79 Å². The van der Waals surface area contributed by atoms with E-state index in [0.29, 0.717) is 16.9 Å². The molecule has 1 saturated carbocycles. The first-order chi connectivity index (χ1) is 15.9. The fourth-order valence-electron chi connectivity index (χ4n) is 3.89. The van der Waals surface area contributed by atoms with Gasteiger partial charge in [0.2, 0.25) is 11.1 Å². The summed E-state index contributed by atoms with van der Waals surface area (Å²) in [5.74, 6) is 1.74. The quantitative estimate of drug-likeness (QED) is 0.394. The largest absolute Gasteiger partial charge is 0.308 e. The Bertz CT molecular complexity index is 1340. The maximum atomic E-state index is 12.1. The lowest BCUT2D eigenvalue weighted by Crippen LogP contribution is -2.07. The van der Waals surface area contributed by atoms with Gasteiger partial charge < -0.3 is 5.32 Å². The zero-order valence-corrected chi connectivity index (χ0v) is 20.0. The minimum atomic E-state index is -0.174. The SMILES string of the molecule is CC(=O)Nc1nn(-c2ccccc2)c(-c2cc(C)c(C)cc2C)c1Sc1n[nH]c(C2CC2)n1. The number of aromatic amines is 1. The lowest BCUT2D eigenvalue weighted by Gasteiger charge is -2.14. The first-order valence-corrected chi connectivity index (χ1v) is 11.9. The smallest absolute Gasteiger partial charge is 0.222 e. The highest BCUT2D eigenvalue weighted by atomic mass is 32.2. The van der Waals surface area contributed by atoms with Crippen LogP contribution in [0.5, 0.6) is 0 Å². The third-order valence-corrected chi connectivity index (χ3v) is 6.83. The standard InChI is InChI=1S/C25H26N6OS/c1-14-12-16(3)20(13-15(14)2)21-22(33-25-27-23(28-29-25)18-10-11-18)24(26-17(4)32)30-31(21)19-8-6-5-7-9-19/h5-9,12-13,18H,10-11H2,1-4H3,(H,26,30,32)(H,27,28,29). The number of aromatic nitrogens is 5. The minimum absolute atomic E-state index is 0.174. The van der Waals surface area contributed by atoms with E-state index in [4.69, 9.17) is 10.1 Å². The van der Waals surface area contributed by atoms with E-state index in [1.165, 1.54) is 29.8 Å². The average molecular weight is 459 g/mol. The number of carbonyl (C=O) groups is 1. The van der Waals surface area contributed by atoms with Gasteiger partial charge in [-0.2, -0.15) is 0 Å². The van der Waals surface area contributed by atoms with Crippen molar-refractivity contribution in [1.29, 1.82) is 0 Å². The normalized spacial score (nSPS) is 13.3. The summed E-state index contributed by atoms with van der Waals surface area (Å²) in [5, 5.41) is 15.9. The zero-order chi connectivity index (χ0) is 23.1. The van der Waals surface area contributed by atoms with Crippen LogP contribution in [0.3, 0.4) is 0 Å². The van der Waals surface area contributed by atoms with Crippen LogP contribution in [0.25, 0.3) is 16.9 Å². The molecule has 7 nitrogen and oxygen atoms in total. The molecule has 33 heavy (non-hydrogen) atoms. The van der Waals surface area contributed by atoms with E-state index >= 15 is 0 Å². The van der Waals surface area contributed by atoms with Crippen LogP contribution in [0.1, 0.15) is 48.2 Å². The van der Waals surface area contributed by atoms with E-state index in [0.717, 1.165) is 46.1 Å². The summed E-state index contributed by atoms with van der Waals surface area (Å²) in [7, 11) is 0. The number of anilines is 1. The van der Waals surface area contributed by atoms with Crippen molar-refractivity contribution in [3.63, 3.8) is 0 Å². The average Bonchev–Trinajstić information content (AvgIpc) is 3.44. The number of H-pyrrole nitrogens is 1. The summed E-state index contributed by atoms with van der Waals surface area (Å²) in [6.07, 6.45) is 2.30. The van der Waals surface area contributed by atoms with Gasteiger partial charge in [-0.25, -0.2) is 9.67 Å². The van der Waals surface area contributed by atoms with Crippen LogP contribution in [0.2, 0.25) is 0 Å². The van der Waals surface area contributed by atoms with Crippen molar-refractivity contribution >= 4 is 23.5 Å². The molecule has 5 rings (SSSR count). The molecule has 0 atom stereocenters. The van der Waals surface area contributed by atoms with E-state index in [1.54, 1.807) is 0 Å². The van der Waals surface area contributed by atoms with Crippen molar-refractivity contribution in [2.24, 2.45) is 0 Å². The van der Waals surface area contributed by atoms with Crippen LogP contribution in [0, 0.1) is 20.8 Å². The molecular formula is C25H26N6OS. The summed E-state index contributed by atoms with van der Waals surface area (Å²) in [4.78, 5) is 17.6. The summed E-state index contributed by atoms with van der Waals surface area (Å²) >= 11 is 1.43. The van der Waals surface area contributed by atoms with Crippen LogP contribution < -0.4 is 5.32 Å². The Kier molecular flexibility index (Phi) is 5.54. The van der Waals surface area contributed by atoms with Gasteiger partial charge in [-0.1, -0.05) is 24.3 Å². The third kappa shape index (κ3) is 4.30. The van der Waals surface area contributed by atoms with Crippen molar-refractivity contribution in [2.75, 3.05) is 5.32 Å². The fourth-order valence-corrected chi connectivity index (χ4v) is 4.79. The molecule has 0 spiro atoms. The van der Waals surface area contributed by atoms with E-state index in [9.17, 15) is 4.79 Å². The summed E-state index contributed by atoms with van der Waals surface area (Å²) in [5.41, 5.74) is 6.46. The highest BCUT2D eigenvalue weighted by Gasteiger charge is 2.29. The molecule has 1 fully saturated rings. The maximum absolute atomic E-state index is 12.1. The summed E-state index contributed by atoms with van der Waals surface area (Å²) in [6.45, 7) is 7.83. The Morgan fingerprint density at radius 3 is 2.52 bits per heavy atom. The van der Waals surface area contributed by atoms with E-state index in [1.807, 2.05) is 35.0 Å². The van der Waals surface area contributed by atoms with Crippen molar-refractivity contribution in [3.8, 4) is 16.9 Å². The predicted molar refractivity (Wildman–Crippen MR) is 130 cm³/mol. The second-order valence-corrected chi connectivity index (χ2v) is 9.56. The molecule has 0 aliphatic heterocycles. The molecule has 2 aromatic carbocycles. The first-order valence-electron chi connectivity index (χ1n) is 11.0. The topological polar surface area (TPSA) is 88.5 Å². The molecule has 0 unspecified atom stereocenters. The Hall–Kier alpha value is -3.39. The summed E-state index contributed by atoms with van der Waals surface area (Å²) in [6, 6.07) is 14.3. The number of carbonyl (C=O) groups excluding carboxylic acids is 1. The highest BCUT2D eigenvalue weighted by molar-refractivity contribution is 7.99. The molecule has 2 heterocycles. The number of rotatable bonds is 6. The van der Waals surface area contributed by atoms with Gasteiger partial charge in [-0.15, -0.1) is 10.2 Å². The molecule has 2 N–H and O–H groups in total. The van der Waals surface area contributed by atoms with Crippen molar-refractivity contribution in [3.05, 3.63) is 65.0 Å². The molecule has 8 heteroatoms. The second-order valence-electron chi connectivity index (χ2n) is 8.59. The Morgan fingerprint density at radius 1 is 1.09 bits per heavy atom.